The number of nitrogens with two attached hydrogens (primary N) is 1. The first-order valence-corrected chi connectivity index (χ1v) is 5.68. The van der Waals surface area contributed by atoms with Crippen LogP contribution in [0.3, 0.4) is 0 Å². The summed E-state index contributed by atoms with van der Waals surface area (Å²) >= 11 is 0. The molecule has 15 heavy (non-hydrogen) atoms. The van der Waals surface area contributed by atoms with Crippen LogP contribution in [-0.4, -0.2) is 30.7 Å². The number of hydrogen-bond acceptors (Lipinski definition) is 3. The van der Waals surface area contributed by atoms with Crippen LogP contribution in [0, 0.1) is 0 Å². The van der Waals surface area contributed by atoms with E-state index < -0.39 is 0 Å². The van der Waals surface area contributed by atoms with Gasteiger partial charge in [-0.3, -0.25) is 4.79 Å². The third-order valence-electron chi connectivity index (χ3n) is 2.79. The van der Waals surface area contributed by atoms with Crippen molar-refractivity contribution in [3.8, 4) is 0 Å². The zero-order chi connectivity index (χ0) is 11.3. The van der Waals surface area contributed by atoms with Gasteiger partial charge in [-0.05, 0) is 33.1 Å². The molecule has 0 radical (unpaired) electrons. The third kappa shape index (κ3) is 4.62. The first kappa shape index (κ1) is 12.5. The van der Waals surface area contributed by atoms with E-state index in [1.165, 1.54) is 0 Å². The summed E-state index contributed by atoms with van der Waals surface area (Å²) in [6.45, 7) is 5.39. The molecule has 1 saturated heterocycles. The predicted molar refractivity (Wildman–Crippen MR) is 59.5 cm³/mol. The average molecular weight is 214 g/mol. The topological polar surface area (TPSA) is 64.4 Å². The van der Waals surface area contributed by atoms with E-state index >= 15 is 0 Å². The normalized spacial score (nSPS) is 27.7. The summed E-state index contributed by atoms with van der Waals surface area (Å²) in [5.41, 5.74) is 5.43. The molecule has 1 aliphatic heterocycles. The van der Waals surface area contributed by atoms with Crippen molar-refractivity contribution in [1.82, 2.24) is 5.32 Å². The first-order chi connectivity index (χ1) is 7.02. The number of carbonyl (C=O) groups excluding carboxylic acids is 1. The second kappa shape index (κ2) is 5.47. The maximum absolute atomic E-state index is 11.4. The molecule has 4 heteroatoms. The molecule has 0 bridgehead atoms. The standard InChI is InChI=1S/C11H22N2O2/c1-9(12)4-5-10(14)13-8-11(2)6-3-7-15-11/h9H,3-8,12H2,1-2H3,(H,13,14). The van der Waals surface area contributed by atoms with Crippen LogP contribution in [0.25, 0.3) is 0 Å². The molecule has 88 valence electrons. The molecule has 1 heterocycles. The summed E-state index contributed by atoms with van der Waals surface area (Å²) in [5.74, 6) is 0.0732. The molecule has 0 aromatic rings. The number of hydrogen-bond donors (Lipinski definition) is 2. The molecular weight excluding hydrogens is 192 g/mol. The SMILES string of the molecule is CC(N)CCC(=O)NCC1(C)CCCO1. The fourth-order valence-corrected chi connectivity index (χ4v) is 1.71. The van der Waals surface area contributed by atoms with E-state index in [2.05, 4.69) is 5.32 Å². The van der Waals surface area contributed by atoms with Gasteiger partial charge in [0.2, 0.25) is 5.91 Å². The first-order valence-electron chi connectivity index (χ1n) is 5.68. The summed E-state index contributed by atoms with van der Waals surface area (Å²) in [4.78, 5) is 11.4. The minimum absolute atomic E-state index is 0.0732. The Kier molecular flexibility index (Phi) is 4.54. The third-order valence-corrected chi connectivity index (χ3v) is 2.79. The molecule has 1 amide bonds. The van der Waals surface area contributed by atoms with Gasteiger partial charge in [0.1, 0.15) is 0 Å². The number of amides is 1. The van der Waals surface area contributed by atoms with Crippen LogP contribution in [0.2, 0.25) is 0 Å². The van der Waals surface area contributed by atoms with Gasteiger partial charge in [-0.25, -0.2) is 0 Å². The zero-order valence-electron chi connectivity index (χ0n) is 9.71. The maximum atomic E-state index is 11.4. The highest BCUT2D eigenvalue weighted by Gasteiger charge is 2.29. The number of nitrogens with one attached hydrogen (secondary N) is 1. The van der Waals surface area contributed by atoms with E-state index in [0.29, 0.717) is 13.0 Å². The Morgan fingerprint density at radius 1 is 1.67 bits per heavy atom. The molecule has 0 aromatic heterocycles. The van der Waals surface area contributed by atoms with Crippen LogP contribution in [0.15, 0.2) is 0 Å². The lowest BCUT2D eigenvalue weighted by atomic mass is 10.0. The summed E-state index contributed by atoms with van der Waals surface area (Å²) in [6, 6.07) is 0.0917. The molecule has 4 nitrogen and oxygen atoms in total. The van der Waals surface area contributed by atoms with Crippen molar-refractivity contribution >= 4 is 5.91 Å². The minimum atomic E-state index is -0.149. The zero-order valence-corrected chi connectivity index (χ0v) is 9.71. The smallest absolute Gasteiger partial charge is 0.220 e. The van der Waals surface area contributed by atoms with Gasteiger partial charge in [0.05, 0.1) is 5.60 Å². The van der Waals surface area contributed by atoms with E-state index in [1.807, 2.05) is 13.8 Å². The Labute approximate surface area is 91.5 Å². The van der Waals surface area contributed by atoms with Crippen molar-refractivity contribution in [3.63, 3.8) is 0 Å². The largest absolute Gasteiger partial charge is 0.373 e. The molecule has 3 N–H and O–H groups in total. The van der Waals surface area contributed by atoms with E-state index in [9.17, 15) is 4.79 Å². The van der Waals surface area contributed by atoms with Gasteiger partial charge >= 0.3 is 0 Å². The summed E-state index contributed by atoms with van der Waals surface area (Å²) in [6.07, 6.45) is 3.37. The number of ether oxygens (including phenoxy) is 1. The predicted octanol–water partition coefficient (Wildman–Crippen LogP) is 0.799. The lowest BCUT2D eigenvalue weighted by Gasteiger charge is -2.23. The Morgan fingerprint density at radius 2 is 2.40 bits per heavy atom. The van der Waals surface area contributed by atoms with Gasteiger partial charge < -0.3 is 15.8 Å². The van der Waals surface area contributed by atoms with Crippen LogP contribution >= 0.6 is 0 Å². The summed E-state index contributed by atoms with van der Waals surface area (Å²) < 4.78 is 5.58. The molecule has 1 aliphatic rings. The van der Waals surface area contributed by atoms with Gasteiger partial charge in [-0.2, -0.15) is 0 Å². The Balaban J connectivity index is 2.16. The van der Waals surface area contributed by atoms with Crippen molar-refractivity contribution in [3.05, 3.63) is 0 Å². The highest BCUT2D eigenvalue weighted by molar-refractivity contribution is 5.75. The van der Waals surface area contributed by atoms with Gasteiger partial charge in [0.25, 0.3) is 0 Å². The van der Waals surface area contributed by atoms with E-state index in [-0.39, 0.29) is 17.6 Å². The molecule has 0 spiro atoms. The van der Waals surface area contributed by atoms with Crippen molar-refractivity contribution in [2.45, 2.75) is 51.2 Å². The lowest BCUT2D eigenvalue weighted by molar-refractivity contribution is -0.122. The Bertz CT molecular complexity index is 211. The van der Waals surface area contributed by atoms with Crippen LogP contribution < -0.4 is 11.1 Å². The monoisotopic (exact) mass is 214 g/mol. The maximum Gasteiger partial charge on any atom is 0.220 e. The van der Waals surface area contributed by atoms with Crippen molar-refractivity contribution < 1.29 is 9.53 Å². The van der Waals surface area contributed by atoms with Gasteiger partial charge in [0.15, 0.2) is 0 Å². The van der Waals surface area contributed by atoms with Gasteiger partial charge in [-0.15, -0.1) is 0 Å². The van der Waals surface area contributed by atoms with Crippen LogP contribution in [0.4, 0.5) is 0 Å². The molecule has 1 rings (SSSR count). The van der Waals surface area contributed by atoms with E-state index in [4.69, 9.17) is 10.5 Å². The van der Waals surface area contributed by atoms with Crippen molar-refractivity contribution in [2.24, 2.45) is 5.73 Å². The Hall–Kier alpha value is -0.610. The fraction of sp³-hybridized carbons (Fsp3) is 0.909. The molecule has 2 unspecified atom stereocenters. The molecule has 2 atom stereocenters. The molecule has 0 aromatic carbocycles. The second-order valence-electron chi connectivity index (χ2n) is 4.69. The highest BCUT2D eigenvalue weighted by Crippen LogP contribution is 2.23. The van der Waals surface area contributed by atoms with Crippen LogP contribution in [-0.2, 0) is 9.53 Å². The highest BCUT2D eigenvalue weighted by atomic mass is 16.5. The number of carbonyl (C=O) groups is 1. The Morgan fingerprint density at radius 3 is 2.93 bits per heavy atom. The average Bonchev–Trinajstić information content (AvgIpc) is 2.60. The van der Waals surface area contributed by atoms with Gasteiger partial charge in [0, 0.05) is 25.6 Å². The van der Waals surface area contributed by atoms with Crippen LogP contribution in [0.5, 0.6) is 0 Å². The van der Waals surface area contributed by atoms with Crippen molar-refractivity contribution in [2.75, 3.05) is 13.2 Å². The second-order valence-corrected chi connectivity index (χ2v) is 4.69. The number of rotatable bonds is 5. The van der Waals surface area contributed by atoms with E-state index in [0.717, 1.165) is 25.9 Å². The molecular formula is C11H22N2O2. The lowest BCUT2D eigenvalue weighted by Crippen LogP contribution is -2.40. The summed E-state index contributed by atoms with van der Waals surface area (Å²) in [5, 5.41) is 2.90. The van der Waals surface area contributed by atoms with Gasteiger partial charge in [-0.1, -0.05) is 0 Å². The van der Waals surface area contributed by atoms with Crippen LogP contribution in [0.1, 0.15) is 39.5 Å². The fourth-order valence-electron chi connectivity index (χ4n) is 1.71. The van der Waals surface area contributed by atoms with E-state index in [1.54, 1.807) is 0 Å². The minimum Gasteiger partial charge on any atom is -0.373 e. The quantitative estimate of drug-likeness (QED) is 0.711. The molecule has 0 saturated carbocycles. The van der Waals surface area contributed by atoms with Crippen molar-refractivity contribution in [1.29, 1.82) is 0 Å². The molecule has 1 fully saturated rings. The summed E-state index contributed by atoms with van der Waals surface area (Å²) in [7, 11) is 0. The molecule has 0 aliphatic carbocycles.